The molecule has 0 spiro atoms. The number of urea groups is 1. The third-order valence-electron chi connectivity index (χ3n) is 2.42. The largest absolute Gasteiger partial charge is 0.480 e. The van der Waals surface area contributed by atoms with E-state index in [1.807, 2.05) is 0 Å². The minimum atomic E-state index is -0.846. The van der Waals surface area contributed by atoms with E-state index in [4.69, 9.17) is 22.1 Å². The molecule has 0 radical (unpaired) electrons. The maximum absolute atomic E-state index is 11.6. The van der Waals surface area contributed by atoms with E-state index in [2.05, 4.69) is 10.6 Å². The summed E-state index contributed by atoms with van der Waals surface area (Å²) in [5.41, 5.74) is 6.19. The maximum atomic E-state index is 11.6. The van der Waals surface area contributed by atoms with Crippen LogP contribution in [0.5, 0.6) is 5.75 Å². The Morgan fingerprint density at radius 2 is 2.16 bits per heavy atom. The molecule has 1 rings (SSSR count). The third kappa shape index (κ3) is 4.11. The molecule has 3 amide bonds. The Morgan fingerprint density at radius 1 is 1.47 bits per heavy atom. The molecule has 0 fully saturated rings. The molecule has 104 valence electrons. The van der Waals surface area contributed by atoms with Crippen LogP contribution in [-0.4, -0.2) is 25.1 Å². The molecule has 0 aliphatic rings. The first-order valence-corrected chi connectivity index (χ1v) is 6.04. The Kier molecular flexibility index (Phi) is 5.59. The molecule has 0 saturated carbocycles. The van der Waals surface area contributed by atoms with E-state index >= 15 is 0 Å². The van der Waals surface area contributed by atoms with Gasteiger partial charge in [-0.25, -0.2) is 4.79 Å². The molecule has 0 saturated heterocycles. The summed E-state index contributed by atoms with van der Waals surface area (Å²) in [5, 5.41) is 4.87. The minimum absolute atomic E-state index is 0.193. The molecule has 1 aromatic rings. The lowest BCUT2D eigenvalue weighted by molar-refractivity contribution is -0.126. The van der Waals surface area contributed by atoms with Gasteiger partial charge >= 0.3 is 6.03 Å². The average Bonchev–Trinajstić information content (AvgIpc) is 2.38. The van der Waals surface area contributed by atoms with Crippen molar-refractivity contribution in [3.05, 3.63) is 28.8 Å². The lowest BCUT2D eigenvalue weighted by Gasteiger charge is -2.16. The summed E-state index contributed by atoms with van der Waals surface area (Å²) in [6.45, 7) is 1.72. The van der Waals surface area contributed by atoms with Gasteiger partial charge in [-0.3, -0.25) is 10.1 Å². The van der Waals surface area contributed by atoms with E-state index in [1.165, 1.54) is 14.0 Å². The summed E-state index contributed by atoms with van der Waals surface area (Å²) in [6, 6.07) is 4.45. The number of nitrogens with two attached hydrogens (primary N) is 1. The molecular weight excluding hydrogens is 270 g/mol. The Hall–Kier alpha value is -1.79. The van der Waals surface area contributed by atoms with Crippen molar-refractivity contribution in [1.82, 2.24) is 10.6 Å². The average molecular weight is 286 g/mol. The quantitative estimate of drug-likeness (QED) is 0.770. The smallest absolute Gasteiger partial charge is 0.321 e. The van der Waals surface area contributed by atoms with Crippen molar-refractivity contribution < 1.29 is 14.3 Å². The second kappa shape index (κ2) is 6.96. The van der Waals surface area contributed by atoms with Gasteiger partial charge in [0.25, 0.3) is 5.91 Å². The van der Waals surface area contributed by atoms with Gasteiger partial charge in [-0.1, -0.05) is 17.7 Å². The van der Waals surface area contributed by atoms with E-state index in [1.54, 1.807) is 18.2 Å². The van der Waals surface area contributed by atoms with Crippen molar-refractivity contribution in [2.24, 2.45) is 5.73 Å². The van der Waals surface area contributed by atoms with E-state index < -0.39 is 18.0 Å². The normalized spacial score (nSPS) is 11.6. The molecule has 0 aromatic heterocycles. The summed E-state index contributed by atoms with van der Waals surface area (Å²) in [5.74, 6) is -0.128. The highest BCUT2D eigenvalue weighted by Crippen LogP contribution is 2.26. The molecule has 1 unspecified atom stereocenters. The topological polar surface area (TPSA) is 93.5 Å². The van der Waals surface area contributed by atoms with Gasteiger partial charge in [0.05, 0.1) is 0 Å². The first-order valence-electron chi connectivity index (χ1n) is 5.66. The highest BCUT2D eigenvalue weighted by Gasteiger charge is 2.18. The predicted molar refractivity (Wildman–Crippen MR) is 72.0 cm³/mol. The Balaban J connectivity index is 2.77. The summed E-state index contributed by atoms with van der Waals surface area (Å²) in [7, 11) is 1.41. The fourth-order valence-electron chi connectivity index (χ4n) is 1.37. The zero-order chi connectivity index (χ0) is 14.4. The monoisotopic (exact) mass is 285 g/mol. The van der Waals surface area contributed by atoms with Crippen molar-refractivity contribution in [1.29, 1.82) is 0 Å². The highest BCUT2D eigenvalue weighted by molar-refractivity contribution is 6.31. The number of benzene rings is 1. The summed E-state index contributed by atoms with van der Waals surface area (Å²) < 4.78 is 5.47. The van der Waals surface area contributed by atoms with Gasteiger partial charge in [-0.15, -0.1) is 0 Å². The molecular formula is C12H16ClN3O3. The Bertz CT molecular complexity index is 479. The summed E-state index contributed by atoms with van der Waals surface area (Å²) in [6.07, 6.45) is -0.846. The van der Waals surface area contributed by atoms with Gasteiger partial charge in [0, 0.05) is 24.2 Å². The van der Waals surface area contributed by atoms with E-state index in [0.717, 1.165) is 0 Å². The molecule has 7 heteroatoms. The third-order valence-corrected chi connectivity index (χ3v) is 2.77. The van der Waals surface area contributed by atoms with Gasteiger partial charge in [-0.05, 0) is 19.1 Å². The van der Waals surface area contributed by atoms with Crippen molar-refractivity contribution in [2.45, 2.75) is 19.6 Å². The number of carbonyl (C=O) groups excluding carboxylic acids is 2. The van der Waals surface area contributed by atoms with Crippen molar-refractivity contribution in [2.75, 3.05) is 7.05 Å². The van der Waals surface area contributed by atoms with Crippen LogP contribution >= 0.6 is 11.6 Å². The summed E-state index contributed by atoms with van der Waals surface area (Å²) in [4.78, 5) is 22.7. The second-order valence-electron chi connectivity index (χ2n) is 3.75. The highest BCUT2D eigenvalue weighted by atomic mass is 35.5. The van der Waals surface area contributed by atoms with Crippen LogP contribution in [0.2, 0.25) is 5.02 Å². The van der Waals surface area contributed by atoms with Crippen molar-refractivity contribution >= 4 is 23.5 Å². The zero-order valence-electron chi connectivity index (χ0n) is 10.7. The van der Waals surface area contributed by atoms with Crippen molar-refractivity contribution in [3.8, 4) is 5.75 Å². The van der Waals surface area contributed by atoms with Crippen LogP contribution in [0.15, 0.2) is 18.2 Å². The van der Waals surface area contributed by atoms with Gasteiger partial charge in [0.15, 0.2) is 6.10 Å². The standard InChI is InChI=1S/C12H16ClN3O3/c1-7(11(17)16-12(18)15-2)19-10-5-3-4-9(13)8(10)6-14/h3-5,7H,6,14H2,1-2H3,(H2,15,16,17,18). The Morgan fingerprint density at radius 3 is 2.74 bits per heavy atom. The van der Waals surface area contributed by atoms with E-state index in [9.17, 15) is 9.59 Å². The molecule has 1 aromatic carbocycles. The first kappa shape index (κ1) is 15.3. The van der Waals surface area contributed by atoms with Crippen molar-refractivity contribution in [3.63, 3.8) is 0 Å². The molecule has 0 aliphatic carbocycles. The first-order chi connectivity index (χ1) is 8.99. The molecule has 6 nitrogen and oxygen atoms in total. The number of ether oxygens (including phenoxy) is 1. The van der Waals surface area contributed by atoms with Crippen LogP contribution in [0.3, 0.4) is 0 Å². The van der Waals surface area contributed by atoms with Crippen LogP contribution in [0.1, 0.15) is 12.5 Å². The van der Waals surface area contributed by atoms with Crippen LogP contribution in [0.25, 0.3) is 0 Å². The molecule has 1 atom stereocenters. The van der Waals surface area contributed by atoms with E-state index in [-0.39, 0.29) is 6.54 Å². The number of hydrogen-bond donors (Lipinski definition) is 3. The number of hydrogen-bond acceptors (Lipinski definition) is 4. The minimum Gasteiger partial charge on any atom is -0.480 e. The molecule has 0 heterocycles. The van der Waals surface area contributed by atoms with Crippen LogP contribution < -0.4 is 21.1 Å². The molecule has 0 bridgehead atoms. The second-order valence-corrected chi connectivity index (χ2v) is 4.16. The molecule has 4 N–H and O–H groups in total. The van der Waals surface area contributed by atoms with Gasteiger partial charge in [0.2, 0.25) is 0 Å². The molecule has 0 aliphatic heterocycles. The number of carbonyl (C=O) groups is 2. The number of rotatable bonds is 4. The maximum Gasteiger partial charge on any atom is 0.321 e. The predicted octanol–water partition coefficient (Wildman–Crippen LogP) is 1.02. The van der Waals surface area contributed by atoms with Gasteiger partial charge in [-0.2, -0.15) is 0 Å². The van der Waals surface area contributed by atoms with Crippen LogP contribution in [-0.2, 0) is 11.3 Å². The number of amides is 3. The fourth-order valence-corrected chi connectivity index (χ4v) is 1.61. The molecule has 19 heavy (non-hydrogen) atoms. The summed E-state index contributed by atoms with van der Waals surface area (Å²) >= 11 is 5.97. The number of nitrogens with one attached hydrogen (secondary N) is 2. The van der Waals surface area contributed by atoms with Crippen LogP contribution in [0.4, 0.5) is 4.79 Å². The lowest BCUT2D eigenvalue weighted by Crippen LogP contribution is -2.44. The van der Waals surface area contributed by atoms with E-state index in [0.29, 0.717) is 16.3 Å². The van der Waals surface area contributed by atoms with Crippen LogP contribution in [0, 0.1) is 0 Å². The number of halogens is 1. The number of imide groups is 1. The Labute approximate surface area is 116 Å². The van der Waals surface area contributed by atoms with Gasteiger partial charge < -0.3 is 15.8 Å². The van der Waals surface area contributed by atoms with Gasteiger partial charge in [0.1, 0.15) is 5.75 Å². The lowest BCUT2D eigenvalue weighted by atomic mass is 10.2. The zero-order valence-corrected chi connectivity index (χ0v) is 11.5. The SMILES string of the molecule is CNC(=O)NC(=O)C(C)Oc1cccc(Cl)c1CN. The fraction of sp³-hybridized carbons (Fsp3) is 0.333.